The molecule has 126 valence electrons. The van der Waals surface area contributed by atoms with Crippen molar-refractivity contribution in [3.8, 4) is 0 Å². The minimum Gasteiger partial charge on any atom is -0.376 e. The number of nitrogens with one attached hydrogen (secondary N) is 2. The second-order valence-corrected chi connectivity index (χ2v) is 5.18. The Labute approximate surface area is 138 Å². The highest BCUT2D eigenvalue weighted by molar-refractivity contribution is 5.94. The number of carbonyl (C=O) groups is 1. The zero-order chi connectivity index (χ0) is 17.5. The summed E-state index contributed by atoms with van der Waals surface area (Å²) in [4.78, 5) is 23.9. The molecule has 9 heteroatoms. The van der Waals surface area contributed by atoms with Gasteiger partial charge < -0.3 is 15.5 Å². The first-order valence-corrected chi connectivity index (χ1v) is 7.24. The van der Waals surface area contributed by atoms with Gasteiger partial charge >= 0.3 is 0 Å². The van der Waals surface area contributed by atoms with Gasteiger partial charge in [-0.2, -0.15) is 5.10 Å². The Bertz CT molecular complexity index is 717. The lowest BCUT2D eigenvalue weighted by atomic mass is 10.2. The summed E-state index contributed by atoms with van der Waals surface area (Å²) in [6, 6.07) is 7.30. The minimum absolute atomic E-state index is 0.0486. The van der Waals surface area contributed by atoms with Crippen LogP contribution in [0, 0.1) is 10.1 Å². The monoisotopic (exact) mass is 330 g/mol. The fraction of sp³-hybridized carbons (Fsp3) is 0.267. The normalized spacial score (nSPS) is 10.1. The predicted octanol–water partition coefficient (Wildman–Crippen LogP) is 1.29. The summed E-state index contributed by atoms with van der Waals surface area (Å²) in [6.07, 6.45) is 1.65. The molecule has 0 spiro atoms. The van der Waals surface area contributed by atoms with E-state index in [1.165, 1.54) is 24.3 Å². The number of aromatic nitrogens is 2. The SMILES string of the molecule is CN(C)c1cnnc(NCCNC(=O)c2ccc([N+](=O)[O-])cc2)c1. The van der Waals surface area contributed by atoms with Crippen LogP contribution in [0.25, 0.3) is 0 Å². The highest BCUT2D eigenvalue weighted by atomic mass is 16.6. The molecule has 0 radical (unpaired) electrons. The average molecular weight is 330 g/mol. The van der Waals surface area contributed by atoms with Crippen LogP contribution in [0.5, 0.6) is 0 Å². The van der Waals surface area contributed by atoms with Crippen LogP contribution in [0.1, 0.15) is 10.4 Å². The first-order chi connectivity index (χ1) is 11.5. The average Bonchev–Trinajstić information content (AvgIpc) is 2.59. The molecule has 2 N–H and O–H groups in total. The van der Waals surface area contributed by atoms with Crippen LogP contribution in [0.3, 0.4) is 0 Å². The van der Waals surface area contributed by atoms with Crippen molar-refractivity contribution in [3.05, 3.63) is 52.2 Å². The van der Waals surface area contributed by atoms with E-state index in [1.807, 2.05) is 25.1 Å². The largest absolute Gasteiger partial charge is 0.376 e. The molecule has 0 saturated heterocycles. The predicted molar refractivity (Wildman–Crippen MR) is 90.3 cm³/mol. The number of hydrogen-bond acceptors (Lipinski definition) is 7. The van der Waals surface area contributed by atoms with Crippen molar-refractivity contribution in [1.82, 2.24) is 15.5 Å². The third-order valence-electron chi connectivity index (χ3n) is 3.21. The second kappa shape index (κ2) is 7.86. The molecule has 9 nitrogen and oxygen atoms in total. The molecule has 0 aliphatic carbocycles. The van der Waals surface area contributed by atoms with Gasteiger partial charge in [-0.15, -0.1) is 5.10 Å². The lowest BCUT2D eigenvalue weighted by Gasteiger charge is -2.13. The molecule has 2 rings (SSSR count). The molecule has 0 bridgehead atoms. The number of non-ortho nitro benzene ring substituents is 1. The summed E-state index contributed by atoms with van der Waals surface area (Å²) in [7, 11) is 3.82. The van der Waals surface area contributed by atoms with E-state index in [2.05, 4.69) is 20.8 Å². The summed E-state index contributed by atoms with van der Waals surface area (Å²) >= 11 is 0. The minimum atomic E-state index is -0.505. The van der Waals surface area contributed by atoms with E-state index in [9.17, 15) is 14.9 Å². The van der Waals surface area contributed by atoms with Crippen molar-refractivity contribution in [1.29, 1.82) is 0 Å². The molecule has 1 aromatic heterocycles. The highest BCUT2D eigenvalue weighted by Crippen LogP contribution is 2.13. The van der Waals surface area contributed by atoms with Crippen LogP contribution in [-0.2, 0) is 0 Å². The van der Waals surface area contributed by atoms with E-state index in [0.717, 1.165) is 5.69 Å². The Morgan fingerprint density at radius 2 is 1.96 bits per heavy atom. The van der Waals surface area contributed by atoms with Crippen molar-refractivity contribution >= 4 is 23.1 Å². The summed E-state index contributed by atoms with van der Waals surface area (Å²) in [6.45, 7) is 0.855. The third-order valence-corrected chi connectivity index (χ3v) is 3.21. The number of rotatable bonds is 7. The maximum atomic E-state index is 11.9. The van der Waals surface area contributed by atoms with Crippen LogP contribution in [0.2, 0.25) is 0 Å². The number of nitro groups is 1. The molecule has 0 aliphatic heterocycles. The number of hydrogen-bond donors (Lipinski definition) is 2. The van der Waals surface area contributed by atoms with Crippen molar-refractivity contribution in [2.45, 2.75) is 0 Å². The molecular weight excluding hydrogens is 312 g/mol. The summed E-state index contributed by atoms with van der Waals surface area (Å²) in [5, 5.41) is 24.2. The van der Waals surface area contributed by atoms with Crippen molar-refractivity contribution in [2.24, 2.45) is 0 Å². The maximum Gasteiger partial charge on any atom is 0.269 e. The van der Waals surface area contributed by atoms with E-state index in [-0.39, 0.29) is 11.6 Å². The van der Waals surface area contributed by atoms with E-state index < -0.39 is 4.92 Å². The van der Waals surface area contributed by atoms with Crippen LogP contribution in [0.15, 0.2) is 36.5 Å². The molecule has 0 atom stereocenters. The molecule has 0 unspecified atom stereocenters. The van der Waals surface area contributed by atoms with Crippen LogP contribution >= 0.6 is 0 Å². The van der Waals surface area contributed by atoms with Crippen LogP contribution < -0.4 is 15.5 Å². The molecule has 0 saturated carbocycles. The van der Waals surface area contributed by atoms with Gasteiger partial charge in [-0.25, -0.2) is 0 Å². The maximum absolute atomic E-state index is 11.9. The van der Waals surface area contributed by atoms with E-state index in [1.54, 1.807) is 6.20 Å². The number of anilines is 2. The van der Waals surface area contributed by atoms with E-state index in [4.69, 9.17) is 0 Å². The van der Waals surface area contributed by atoms with Crippen LogP contribution in [0.4, 0.5) is 17.2 Å². The Morgan fingerprint density at radius 3 is 2.58 bits per heavy atom. The van der Waals surface area contributed by atoms with Gasteiger partial charge in [0, 0.05) is 50.9 Å². The highest BCUT2D eigenvalue weighted by Gasteiger charge is 2.08. The molecule has 0 fully saturated rings. The first kappa shape index (κ1) is 17.1. The number of nitrogens with zero attached hydrogens (tertiary/aromatic N) is 4. The Morgan fingerprint density at radius 1 is 1.25 bits per heavy atom. The summed E-state index contributed by atoms with van der Waals surface area (Å²) < 4.78 is 0. The standard InChI is InChI=1S/C15H18N6O3/c1-20(2)13-9-14(19-18-10-13)16-7-8-17-15(22)11-3-5-12(6-4-11)21(23)24/h3-6,9-10H,7-8H2,1-2H3,(H,16,19)(H,17,22). The number of carbonyl (C=O) groups excluding carboxylic acids is 1. The summed E-state index contributed by atoms with van der Waals surface area (Å²) in [5.74, 6) is 0.325. The third kappa shape index (κ3) is 4.63. The fourth-order valence-corrected chi connectivity index (χ4v) is 1.89. The fourth-order valence-electron chi connectivity index (χ4n) is 1.89. The molecule has 1 aromatic carbocycles. The van der Waals surface area contributed by atoms with Crippen molar-refractivity contribution in [2.75, 3.05) is 37.4 Å². The molecule has 24 heavy (non-hydrogen) atoms. The van der Waals surface area contributed by atoms with Gasteiger partial charge in [0.15, 0.2) is 5.82 Å². The lowest BCUT2D eigenvalue weighted by Crippen LogP contribution is -2.28. The summed E-state index contributed by atoms with van der Waals surface area (Å²) in [5.41, 5.74) is 1.24. The molecule has 1 amide bonds. The number of benzene rings is 1. The van der Waals surface area contributed by atoms with Gasteiger partial charge in [0.1, 0.15) is 0 Å². The number of amides is 1. The van der Waals surface area contributed by atoms with Gasteiger partial charge in [0.05, 0.1) is 16.8 Å². The lowest BCUT2D eigenvalue weighted by molar-refractivity contribution is -0.384. The van der Waals surface area contributed by atoms with Crippen molar-refractivity contribution < 1.29 is 9.72 Å². The van der Waals surface area contributed by atoms with Crippen LogP contribution in [-0.4, -0.2) is 48.2 Å². The van der Waals surface area contributed by atoms with Gasteiger partial charge in [-0.3, -0.25) is 14.9 Å². The molecule has 2 aromatic rings. The molecule has 1 heterocycles. The van der Waals surface area contributed by atoms with Gasteiger partial charge in [0.25, 0.3) is 11.6 Å². The van der Waals surface area contributed by atoms with E-state index >= 15 is 0 Å². The van der Waals surface area contributed by atoms with Gasteiger partial charge in [-0.05, 0) is 12.1 Å². The molecule has 0 aliphatic rings. The number of nitro benzene ring substituents is 1. The second-order valence-electron chi connectivity index (χ2n) is 5.18. The van der Waals surface area contributed by atoms with Gasteiger partial charge in [0.2, 0.25) is 0 Å². The Hall–Kier alpha value is -3.23. The van der Waals surface area contributed by atoms with Gasteiger partial charge in [-0.1, -0.05) is 0 Å². The zero-order valence-corrected chi connectivity index (χ0v) is 13.4. The van der Waals surface area contributed by atoms with E-state index in [0.29, 0.717) is 24.5 Å². The first-order valence-electron chi connectivity index (χ1n) is 7.24. The Kier molecular flexibility index (Phi) is 5.61. The molecular formula is C15H18N6O3. The zero-order valence-electron chi connectivity index (χ0n) is 13.4. The van der Waals surface area contributed by atoms with Crippen molar-refractivity contribution in [3.63, 3.8) is 0 Å². The quantitative estimate of drug-likeness (QED) is 0.447. The Balaban J connectivity index is 1.80. The smallest absolute Gasteiger partial charge is 0.269 e. The topological polar surface area (TPSA) is 113 Å².